The van der Waals surface area contributed by atoms with Crippen LogP contribution in [0.1, 0.15) is 29.7 Å². The molecular weight excluding hydrogens is 544 g/mol. The topological polar surface area (TPSA) is 90.0 Å². The van der Waals surface area contributed by atoms with Crippen LogP contribution in [-0.2, 0) is 26.2 Å². The molecule has 2 saturated heterocycles. The zero-order chi connectivity index (χ0) is 26.9. The van der Waals surface area contributed by atoms with E-state index in [9.17, 15) is 18.0 Å². The van der Waals surface area contributed by atoms with Crippen LogP contribution in [-0.4, -0.2) is 80.2 Å². The van der Waals surface area contributed by atoms with Crippen molar-refractivity contribution in [1.82, 2.24) is 19.4 Å². The molecule has 2 amide bonds. The highest BCUT2D eigenvalue weighted by atomic mass is 35.5. The largest absolute Gasteiger partial charge is 0.336 e. The Morgan fingerprint density at radius 2 is 2.03 bits per heavy atom. The summed E-state index contributed by atoms with van der Waals surface area (Å²) in [4.78, 5) is 33.0. The van der Waals surface area contributed by atoms with E-state index in [2.05, 4.69) is 28.8 Å². The minimum atomic E-state index is -3.84. The van der Waals surface area contributed by atoms with Gasteiger partial charge in [0.1, 0.15) is 6.04 Å². The summed E-state index contributed by atoms with van der Waals surface area (Å²) in [5.74, 6) is 0.680. The standard InChI is InChI=1S/C27H33ClN4O4S2/c1-30(15-19-6-3-2-4-7-19)17-24-22-14-20(22)16-32(24)26(33)18-31-12-5-8-23(27(31)34)29-38(35,36)13-11-21-9-10-25(28)37-21/h2-4,6-7,9-11,13,20,22-24,29H,5,8,12,14-18H2,1H3/t20?,22?,23-,24?/m0/s1. The number of likely N-dealkylation sites (tertiary alicyclic amines) is 2. The fourth-order valence-electron chi connectivity index (χ4n) is 5.64. The van der Waals surface area contributed by atoms with Crippen molar-refractivity contribution in [1.29, 1.82) is 0 Å². The van der Waals surface area contributed by atoms with Gasteiger partial charge in [0, 0.05) is 42.5 Å². The Balaban J connectivity index is 1.17. The van der Waals surface area contributed by atoms with Gasteiger partial charge in [-0.15, -0.1) is 11.3 Å². The molecule has 3 aliphatic rings. The van der Waals surface area contributed by atoms with E-state index < -0.39 is 16.1 Å². The molecule has 0 bridgehead atoms. The number of halogens is 1. The molecule has 1 aliphatic carbocycles. The number of sulfonamides is 1. The molecule has 1 aromatic carbocycles. The molecule has 4 atom stereocenters. The van der Waals surface area contributed by atoms with Gasteiger partial charge < -0.3 is 14.7 Å². The minimum absolute atomic E-state index is 0.0149. The van der Waals surface area contributed by atoms with Crippen molar-refractivity contribution in [2.45, 2.75) is 37.9 Å². The SMILES string of the molecule is CN(Cc1ccccc1)CC1C2CC2CN1C(=O)CN1CCC[C@H](NS(=O)(=O)C=Cc2ccc(Cl)s2)C1=O. The van der Waals surface area contributed by atoms with E-state index in [4.69, 9.17) is 11.6 Å². The lowest BCUT2D eigenvalue weighted by atomic mass is 10.1. The number of nitrogens with one attached hydrogen (secondary N) is 1. The predicted octanol–water partition coefficient (Wildman–Crippen LogP) is 3.26. The monoisotopic (exact) mass is 576 g/mol. The van der Waals surface area contributed by atoms with Crippen LogP contribution in [0.25, 0.3) is 6.08 Å². The molecule has 11 heteroatoms. The van der Waals surface area contributed by atoms with Gasteiger partial charge in [-0.1, -0.05) is 41.9 Å². The van der Waals surface area contributed by atoms with E-state index in [1.165, 1.54) is 27.9 Å². The summed E-state index contributed by atoms with van der Waals surface area (Å²) in [6.07, 6.45) is 3.65. The third kappa shape index (κ3) is 6.66. The second kappa shape index (κ2) is 11.5. The van der Waals surface area contributed by atoms with E-state index in [1.807, 2.05) is 23.1 Å². The van der Waals surface area contributed by atoms with Crippen LogP contribution in [0.2, 0.25) is 4.34 Å². The van der Waals surface area contributed by atoms with Crippen molar-refractivity contribution >= 4 is 50.9 Å². The third-order valence-corrected chi connectivity index (χ3v) is 9.89. The maximum absolute atomic E-state index is 13.4. The molecular formula is C27H33ClN4O4S2. The smallest absolute Gasteiger partial charge is 0.242 e. The first-order valence-corrected chi connectivity index (χ1v) is 15.7. The van der Waals surface area contributed by atoms with Gasteiger partial charge in [-0.05, 0) is 61.9 Å². The predicted molar refractivity (Wildman–Crippen MR) is 150 cm³/mol. The molecule has 2 aromatic rings. The maximum Gasteiger partial charge on any atom is 0.242 e. The highest BCUT2D eigenvalue weighted by Gasteiger charge is 2.54. The van der Waals surface area contributed by atoms with Crippen LogP contribution in [0.5, 0.6) is 0 Å². The quantitative estimate of drug-likeness (QED) is 0.469. The summed E-state index contributed by atoms with van der Waals surface area (Å²) < 4.78 is 28.3. The van der Waals surface area contributed by atoms with Gasteiger partial charge in [0.25, 0.3) is 0 Å². The number of hydrogen-bond acceptors (Lipinski definition) is 6. The van der Waals surface area contributed by atoms with Crippen molar-refractivity contribution in [3.8, 4) is 0 Å². The van der Waals surface area contributed by atoms with E-state index >= 15 is 0 Å². The Morgan fingerprint density at radius 3 is 2.76 bits per heavy atom. The van der Waals surface area contributed by atoms with Crippen molar-refractivity contribution in [3.63, 3.8) is 0 Å². The summed E-state index contributed by atoms with van der Waals surface area (Å²) in [5, 5.41) is 1.06. The number of piperidine rings is 2. The maximum atomic E-state index is 13.4. The number of rotatable bonds is 10. The fourth-order valence-corrected chi connectivity index (χ4v) is 7.71. The molecule has 3 fully saturated rings. The van der Waals surface area contributed by atoms with Gasteiger partial charge >= 0.3 is 0 Å². The zero-order valence-corrected chi connectivity index (χ0v) is 23.7. The van der Waals surface area contributed by atoms with Crippen molar-refractivity contribution < 1.29 is 18.0 Å². The molecule has 3 heterocycles. The first-order chi connectivity index (χ1) is 18.2. The van der Waals surface area contributed by atoms with Crippen LogP contribution >= 0.6 is 22.9 Å². The summed E-state index contributed by atoms with van der Waals surface area (Å²) in [6.45, 7) is 2.78. The second-order valence-electron chi connectivity index (χ2n) is 10.5. The van der Waals surface area contributed by atoms with Crippen LogP contribution < -0.4 is 4.72 Å². The van der Waals surface area contributed by atoms with Gasteiger partial charge in [-0.25, -0.2) is 8.42 Å². The number of hydrogen-bond donors (Lipinski definition) is 1. The summed E-state index contributed by atoms with van der Waals surface area (Å²) in [6, 6.07) is 13.0. The molecule has 0 spiro atoms. The number of carbonyl (C=O) groups is 2. The number of likely N-dealkylation sites (N-methyl/N-ethyl adjacent to an activating group) is 1. The van der Waals surface area contributed by atoms with Gasteiger partial charge in [0.05, 0.1) is 10.9 Å². The number of nitrogens with zero attached hydrogens (tertiary/aromatic N) is 3. The van der Waals surface area contributed by atoms with Gasteiger partial charge in [-0.2, -0.15) is 4.72 Å². The molecule has 204 valence electrons. The highest BCUT2D eigenvalue weighted by Crippen LogP contribution is 2.49. The lowest BCUT2D eigenvalue weighted by molar-refractivity contribution is -0.144. The normalized spacial score (nSPS) is 25.4. The number of thiophene rings is 1. The molecule has 1 aromatic heterocycles. The number of benzene rings is 1. The lowest BCUT2D eigenvalue weighted by Crippen LogP contribution is -2.55. The van der Waals surface area contributed by atoms with E-state index in [0.29, 0.717) is 40.4 Å². The van der Waals surface area contributed by atoms with Gasteiger partial charge in [0.15, 0.2) is 0 Å². The Labute approximate surface area is 233 Å². The Bertz CT molecular complexity index is 1300. The first-order valence-electron chi connectivity index (χ1n) is 12.9. The van der Waals surface area contributed by atoms with Crippen molar-refractivity contribution in [3.05, 3.63) is 62.6 Å². The summed E-state index contributed by atoms with van der Waals surface area (Å²) in [7, 11) is -1.75. The van der Waals surface area contributed by atoms with E-state index in [0.717, 1.165) is 31.5 Å². The van der Waals surface area contributed by atoms with Gasteiger partial charge in [-0.3, -0.25) is 9.59 Å². The van der Waals surface area contributed by atoms with Crippen LogP contribution in [0, 0.1) is 11.8 Å². The van der Waals surface area contributed by atoms with Crippen molar-refractivity contribution in [2.75, 3.05) is 33.2 Å². The van der Waals surface area contributed by atoms with Crippen LogP contribution in [0.4, 0.5) is 0 Å². The van der Waals surface area contributed by atoms with Gasteiger partial charge in [0.2, 0.25) is 21.8 Å². The molecule has 8 nitrogen and oxygen atoms in total. The summed E-state index contributed by atoms with van der Waals surface area (Å²) in [5.41, 5.74) is 1.24. The highest BCUT2D eigenvalue weighted by molar-refractivity contribution is 7.92. The average Bonchev–Trinajstić information content (AvgIpc) is 3.38. The molecule has 5 rings (SSSR count). The number of fused-ring (bicyclic) bond motifs is 1. The molecule has 1 saturated carbocycles. The zero-order valence-electron chi connectivity index (χ0n) is 21.3. The fraction of sp³-hybridized carbons (Fsp3) is 0.481. The van der Waals surface area contributed by atoms with E-state index in [1.54, 1.807) is 12.1 Å². The molecule has 1 N–H and O–H groups in total. The molecule has 0 radical (unpaired) electrons. The molecule has 3 unspecified atom stereocenters. The summed E-state index contributed by atoms with van der Waals surface area (Å²) >= 11 is 7.17. The second-order valence-corrected chi connectivity index (χ2v) is 13.9. The minimum Gasteiger partial charge on any atom is -0.336 e. The Kier molecular flexibility index (Phi) is 8.25. The van der Waals surface area contributed by atoms with Crippen LogP contribution in [0.15, 0.2) is 47.9 Å². The van der Waals surface area contributed by atoms with Crippen LogP contribution in [0.3, 0.4) is 0 Å². The first kappa shape index (κ1) is 27.3. The average molecular weight is 577 g/mol. The Hall–Kier alpha value is -2.24. The molecule has 2 aliphatic heterocycles. The molecule has 38 heavy (non-hydrogen) atoms. The number of carbonyl (C=O) groups excluding carboxylic acids is 2. The number of amides is 2. The third-order valence-electron chi connectivity index (χ3n) is 7.59. The Morgan fingerprint density at radius 1 is 1.24 bits per heavy atom. The lowest BCUT2D eigenvalue weighted by Gasteiger charge is -2.35. The van der Waals surface area contributed by atoms with E-state index in [-0.39, 0.29) is 24.4 Å². The van der Waals surface area contributed by atoms with Crippen molar-refractivity contribution in [2.24, 2.45) is 11.8 Å².